The van der Waals surface area contributed by atoms with Crippen molar-refractivity contribution in [3.63, 3.8) is 0 Å². The molecule has 4 N–H and O–H groups in total. The van der Waals surface area contributed by atoms with Crippen LogP contribution in [-0.4, -0.2) is 23.6 Å². The predicted octanol–water partition coefficient (Wildman–Crippen LogP) is 0.670. The highest BCUT2D eigenvalue weighted by atomic mass is 16.6. The van der Waals surface area contributed by atoms with Gasteiger partial charge >= 0.3 is 6.09 Å². The van der Waals surface area contributed by atoms with Crippen molar-refractivity contribution in [1.29, 1.82) is 0 Å². The number of alkyl carbamates (subject to hydrolysis) is 1. The van der Waals surface area contributed by atoms with Gasteiger partial charge in [-0.3, -0.25) is 10.2 Å². The van der Waals surface area contributed by atoms with Crippen LogP contribution in [0.25, 0.3) is 0 Å². The number of hydrogen-bond acceptors (Lipinski definition) is 4. The van der Waals surface area contributed by atoms with Crippen LogP contribution in [-0.2, 0) is 9.53 Å². The monoisotopic (exact) mass is 243 g/mol. The molecule has 0 spiro atoms. The van der Waals surface area contributed by atoms with E-state index in [-0.39, 0.29) is 11.9 Å². The average Bonchev–Trinajstić information content (AvgIpc) is 2.11. The first-order valence-corrected chi connectivity index (χ1v) is 5.79. The van der Waals surface area contributed by atoms with Gasteiger partial charge in [0.05, 0.1) is 0 Å². The first kappa shape index (κ1) is 13.8. The van der Waals surface area contributed by atoms with Gasteiger partial charge in [0.2, 0.25) is 5.91 Å². The Balaban J connectivity index is 2.17. The SMILES string of the molecule is CC(C)(C)OC(=O)NC1CC(CC(=O)NN)C1. The molecule has 1 saturated carbocycles. The molecule has 6 heteroatoms. The molecule has 17 heavy (non-hydrogen) atoms. The molecule has 1 fully saturated rings. The van der Waals surface area contributed by atoms with Crippen LogP contribution in [0.5, 0.6) is 0 Å². The van der Waals surface area contributed by atoms with Gasteiger partial charge in [-0.2, -0.15) is 0 Å². The first-order chi connectivity index (χ1) is 7.80. The second-order valence-electron chi connectivity index (χ2n) is 5.45. The van der Waals surface area contributed by atoms with E-state index in [4.69, 9.17) is 10.6 Å². The van der Waals surface area contributed by atoms with Crippen LogP contribution in [0.1, 0.15) is 40.0 Å². The summed E-state index contributed by atoms with van der Waals surface area (Å²) in [5, 5.41) is 2.77. The fourth-order valence-corrected chi connectivity index (χ4v) is 1.82. The van der Waals surface area contributed by atoms with Crippen LogP contribution in [0.4, 0.5) is 4.79 Å². The normalized spacial score (nSPS) is 23.5. The zero-order valence-electron chi connectivity index (χ0n) is 10.6. The average molecular weight is 243 g/mol. The Morgan fingerprint density at radius 1 is 1.35 bits per heavy atom. The fourth-order valence-electron chi connectivity index (χ4n) is 1.82. The smallest absolute Gasteiger partial charge is 0.407 e. The Morgan fingerprint density at radius 3 is 2.41 bits per heavy atom. The van der Waals surface area contributed by atoms with Crippen molar-refractivity contribution >= 4 is 12.0 Å². The number of nitrogens with two attached hydrogens (primary N) is 1. The summed E-state index contributed by atoms with van der Waals surface area (Å²) in [6.07, 6.45) is 1.62. The van der Waals surface area contributed by atoms with Crippen LogP contribution >= 0.6 is 0 Å². The van der Waals surface area contributed by atoms with Crippen molar-refractivity contribution in [1.82, 2.24) is 10.7 Å². The van der Waals surface area contributed by atoms with Crippen LogP contribution in [0.2, 0.25) is 0 Å². The molecule has 0 aromatic carbocycles. The molecular weight excluding hydrogens is 222 g/mol. The quantitative estimate of drug-likeness (QED) is 0.386. The molecule has 1 aliphatic carbocycles. The minimum Gasteiger partial charge on any atom is -0.444 e. The standard InChI is InChI=1S/C11H21N3O3/c1-11(2,3)17-10(16)13-8-4-7(5-8)6-9(15)14-12/h7-8H,4-6,12H2,1-3H3,(H,13,16)(H,14,15). The van der Waals surface area contributed by atoms with Crippen molar-refractivity contribution in [2.24, 2.45) is 11.8 Å². The van der Waals surface area contributed by atoms with E-state index in [2.05, 4.69) is 10.7 Å². The lowest BCUT2D eigenvalue weighted by Crippen LogP contribution is -2.47. The molecule has 1 rings (SSSR count). The number of hydrazine groups is 1. The van der Waals surface area contributed by atoms with Crippen molar-refractivity contribution in [3.8, 4) is 0 Å². The number of nitrogens with one attached hydrogen (secondary N) is 2. The summed E-state index contributed by atoms with van der Waals surface area (Å²) in [6.45, 7) is 5.46. The number of rotatable bonds is 3. The van der Waals surface area contributed by atoms with Crippen molar-refractivity contribution in [2.75, 3.05) is 0 Å². The second-order valence-corrected chi connectivity index (χ2v) is 5.45. The lowest BCUT2D eigenvalue weighted by Gasteiger charge is -2.35. The summed E-state index contributed by atoms with van der Waals surface area (Å²) >= 11 is 0. The largest absolute Gasteiger partial charge is 0.444 e. The van der Waals surface area contributed by atoms with Crippen LogP contribution < -0.4 is 16.6 Å². The molecule has 1 aliphatic rings. The second kappa shape index (κ2) is 5.35. The van der Waals surface area contributed by atoms with Crippen molar-refractivity contribution in [3.05, 3.63) is 0 Å². The highest BCUT2D eigenvalue weighted by Gasteiger charge is 2.32. The summed E-state index contributed by atoms with van der Waals surface area (Å²) in [6, 6.07) is 0.112. The maximum Gasteiger partial charge on any atom is 0.407 e. The van der Waals surface area contributed by atoms with Crippen LogP contribution in [0, 0.1) is 5.92 Å². The van der Waals surface area contributed by atoms with Gasteiger partial charge in [-0.15, -0.1) is 0 Å². The molecule has 0 bridgehead atoms. The summed E-state index contributed by atoms with van der Waals surface area (Å²) in [7, 11) is 0. The van der Waals surface area contributed by atoms with Gasteiger partial charge in [0.1, 0.15) is 5.60 Å². The topological polar surface area (TPSA) is 93.4 Å². The Morgan fingerprint density at radius 2 is 1.94 bits per heavy atom. The number of amides is 2. The molecule has 0 unspecified atom stereocenters. The van der Waals surface area contributed by atoms with Gasteiger partial charge in [0.25, 0.3) is 0 Å². The Bertz CT molecular complexity index is 293. The summed E-state index contributed by atoms with van der Waals surface area (Å²) in [5.41, 5.74) is 1.62. The Labute approximate surface area is 101 Å². The number of ether oxygens (including phenoxy) is 1. The highest BCUT2D eigenvalue weighted by Crippen LogP contribution is 2.30. The van der Waals surface area contributed by atoms with Crippen molar-refractivity contribution < 1.29 is 14.3 Å². The lowest BCUT2D eigenvalue weighted by atomic mass is 9.78. The highest BCUT2D eigenvalue weighted by molar-refractivity contribution is 5.75. The van der Waals surface area contributed by atoms with E-state index < -0.39 is 11.7 Å². The van der Waals surface area contributed by atoms with Gasteiger partial charge in [-0.1, -0.05) is 0 Å². The summed E-state index contributed by atoms with van der Waals surface area (Å²) in [5.74, 6) is 5.14. The maximum atomic E-state index is 11.4. The summed E-state index contributed by atoms with van der Waals surface area (Å²) < 4.78 is 5.13. The number of carbonyl (C=O) groups excluding carboxylic acids is 2. The van der Waals surface area contributed by atoms with E-state index in [1.54, 1.807) is 0 Å². The third-order valence-electron chi connectivity index (χ3n) is 2.59. The maximum absolute atomic E-state index is 11.4. The van der Waals surface area contributed by atoms with E-state index in [1.807, 2.05) is 20.8 Å². The Kier molecular flexibility index (Phi) is 4.34. The molecule has 0 radical (unpaired) electrons. The molecule has 0 aromatic heterocycles. The van der Waals surface area contributed by atoms with E-state index >= 15 is 0 Å². The molecule has 0 atom stereocenters. The van der Waals surface area contributed by atoms with Gasteiger partial charge in [-0.05, 0) is 39.5 Å². The zero-order chi connectivity index (χ0) is 13.1. The third kappa shape index (κ3) is 5.04. The number of carbonyl (C=O) groups is 2. The molecular formula is C11H21N3O3. The minimum atomic E-state index is -0.479. The Hall–Kier alpha value is -1.30. The minimum absolute atomic E-state index is 0.112. The molecule has 0 aliphatic heterocycles. The van der Waals surface area contributed by atoms with E-state index in [0.29, 0.717) is 12.3 Å². The van der Waals surface area contributed by atoms with Gasteiger partial charge in [0, 0.05) is 12.5 Å². The van der Waals surface area contributed by atoms with Gasteiger partial charge in [0.15, 0.2) is 0 Å². The third-order valence-corrected chi connectivity index (χ3v) is 2.59. The van der Waals surface area contributed by atoms with E-state index in [1.165, 1.54) is 0 Å². The predicted molar refractivity (Wildman–Crippen MR) is 62.8 cm³/mol. The molecule has 6 nitrogen and oxygen atoms in total. The van der Waals surface area contributed by atoms with Crippen LogP contribution in [0.3, 0.4) is 0 Å². The number of hydrogen-bond donors (Lipinski definition) is 3. The molecule has 2 amide bonds. The molecule has 98 valence electrons. The zero-order valence-corrected chi connectivity index (χ0v) is 10.6. The first-order valence-electron chi connectivity index (χ1n) is 5.79. The molecule has 0 saturated heterocycles. The van der Waals surface area contributed by atoms with Crippen LogP contribution in [0.15, 0.2) is 0 Å². The van der Waals surface area contributed by atoms with E-state index in [0.717, 1.165) is 12.8 Å². The van der Waals surface area contributed by atoms with Gasteiger partial charge in [-0.25, -0.2) is 10.6 Å². The van der Waals surface area contributed by atoms with Crippen molar-refractivity contribution in [2.45, 2.75) is 51.7 Å². The van der Waals surface area contributed by atoms with Gasteiger partial charge < -0.3 is 10.1 Å². The van der Waals surface area contributed by atoms with E-state index in [9.17, 15) is 9.59 Å². The summed E-state index contributed by atoms with van der Waals surface area (Å²) in [4.78, 5) is 22.4. The lowest BCUT2D eigenvalue weighted by molar-refractivity contribution is -0.122. The molecule has 0 heterocycles. The molecule has 0 aromatic rings. The fraction of sp³-hybridized carbons (Fsp3) is 0.818.